The molecule has 0 aliphatic carbocycles. The van der Waals surface area contributed by atoms with Crippen molar-refractivity contribution < 1.29 is 4.79 Å². The molecule has 2 heterocycles. The first-order chi connectivity index (χ1) is 8.54. The predicted molar refractivity (Wildman–Crippen MR) is 69.3 cm³/mol. The van der Waals surface area contributed by atoms with E-state index in [2.05, 4.69) is 16.0 Å². The molecule has 0 radical (unpaired) electrons. The highest BCUT2D eigenvalue weighted by molar-refractivity contribution is 7.11. The van der Waals surface area contributed by atoms with Crippen LogP contribution in [0.1, 0.15) is 23.5 Å². The molecule has 0 atom stereocenters. The van der Waals surface area contributed by atoms with Gasteiger partial charge in [-0.05, 0) is 13.8 Å². The first-order valence-electron chi connectivity index (χ1n) is 5.88. The number of hydrogen-bond donors (Lipinski definition) is 0. The molecule has 1 saturated heterocycles. The lowest BCUT2D eigenvalue weighted by atomic mass is 10.0. The van der Waals surface area contributed by atoms with E-state index in [1.807, 2.05) is 18.7 Å². The van der Waals surface area contributed by atoms with Crippen molar-refractivity contribution in [3.8, 4) is 6.07 Å². The maximum atomic E-state index is 12.1. The van der Waals surface area contributed by atoms with Crippen LogP contribution >= 0.6 is 11.3 Å². The van der Waals surface area contributed by atoms with Crippen LogP contribution in [0.15, 0.2) is 11.7 Å². The van der Waals surface area contributed by atoms with Crippen molar-refractivity contribution in [1.82, 2.24) is 14.8 Å². The molecule has 0 aromatic carbocycles. The minimum Gasteiger partial charge on any atom is -0.335 e. The molecule has 1 aliphatic heterocycles. The van der Waals surface area contributed by atoms with Crippen LogP contribution in [-0.4, -0.2) is 52.4 Å². The van der Waals surface area contributed by atoms with Gasteiger partial charge in [-0.25, -0.2) is 0 Å². The van der Waals surface area contributed by atoms with Gasteiger partial charge in [0.25, 0.3) is 5.91 Å². The van der Waals surface area contributed by atoms with Crippen LogP contribution in [0.3, 0.4) is 0 Å². The van der Waals surface area contributed by atoms with Crippen LogP contribution in [0, 0.1) is 11.3 Å². The first kappa shape index (κ1) is 13.0. The second-order valence-corrected chi connectivity index (χ2v) is 5.70. The van der Waals surface area contributed by atoms with Gasteiger partial charge in [0.05, 0.1) is 17.8 Å². The van der Waals surface area contributed by atoms with E-state index in [9.17, 15) is 4.79 Å². The summed E-state index contributed by atoms with van der Waals surface area (Å²) in [5.41, 5.74) is 1.21. The van der Waals surface area contributed by atoms with Crippen molar-refractivity contribution >= 4 is 17.2 Å². The van der Waals surface area contributed by atoms with Crippen LogP contribution in [0.25, 0.3) is 0 Å². The predicted octanol–water partition coefficient (Wildman–Crippen LogP) is 1.20. The summed E-state index contributed by atoms with van der Waals surface area (Å²) in [6, 6.07) is 2.30. The van der Waals surface area contributed by atoms with E-state index in [0.29, 0.717) is 18.0 Å². The molecule has 2 rings (SSSR count). The molecule has 0 bridgehead atoms. The summed E-state index contributed by atoms with van der Waals surface area (Å²) in [5.74, 6) is 0.0481. The number of aromatic nitrogens is 1. The third-order valence-corrected chi connectivity index (χ3v) is 4.04. The molecule has 96 valence electrons. The van der Waals surface area contributed by atoms with Gasteiger partial charge in [0.15, 0.2) is 0 Å². The zero-order valence-corrected chi connectivity index (χ0v) is 11.4. The van der Waals surface area contributed by atoms with E-state index in [-0.39, 0.29) is 5.91 Å². The molecular weight excluding hydrogens is 248 g/mol. The molecule has 0 spiro atoms. The average molecular weight is 264 g/mol. The second-order valence-electron chi connectivity index (χ2n) is 4.82. The highest BCUT2D eigenvalue weighted by Gasteiger charge is 2.31. The van der Waals surface area contributed by atoms with Gasteiger partial charge in [-0.15, -0.1) is 11.3 Å². The van der Waals surface area contributed by atoms with Gasteiger partial charge in [-0.3, -0.25) is 14.7 Å². The Hall–Kier alpha value is -1.45. The quantitative estimate of drug-likeness (QED) is 0.805. The van der Waals surface area contributed by atoms with E-state index in [0.717, 1.165) is 13.1 Å². The van der Waals surface area contributed by atoms with Crippen molar-refractivity contribution in [2.24, 2.45) is 0 Å². The molecule has 0 saturated carbocycles. The van der Waals surface area contributed by atoms with Gasteiger partial charge in [0.2, 0.25) is 0 Å². The number of nitrogens with zero attached hydrogens (tertiary/aromatic N) is 4. The van der Waals surface area contributed by atoms with Gasteiger partial charge < -0.3 is 4.90 Å². The number of nitriles is 1. The Balaban J connectivity index is 1.96. The molecule has 1 aromatic rings. The van der Waals surface area contributed by atoms with Crippen LogP contribution < -0.4 is 0 Å². The number of hydrogen-bond acceptors (Lipinski definition) is 5. The average Bonchev–Trinajstić information content (AvgIpc) is 2.92. The number of amides is 1. The Morgan fingerprint density at radius 2 is 2.11 bits per heavy atom. The number of carbonyl (C=O) groups excluding carboxylic acids is 1. The summed E-state index contributed by atoms with van der Waals surface area (Å²) in [5, 5.41) is 9.09. The molecular formula is C12H16N4OS. The van der Waals surface area contributed by atoms with E-state index >= 15 is 0 Å². The number of thiazole rings is 1. The zero-order chi connectivity index (χ0) is 13.2. The summed E-state index contributed by atoms with van der Waals surface area (Å²) >= 11 is 1.37. The van der Waals surface area contributed by atoms with Gasteiger partial charge >= 0.3 is 0 Å². The summed E-state index contributed by atoms with van der Waals surface area (Å²) in [4.78, 5) is 20.7. The molecule has 5 nitrogen and oxygen atoms in total. The number of piperazine rings is 1. The Morgan fingerprint density at radius 3 is 2.61 bits per heavy atom. The molecule has 1 aliphatic rings. The lowest BCUT2D eigenvalue weighted by molar-refractivity contribution is 0.0525. The fourth-order valence-corrected chi connectivity index (χ4v) is 2.60. The molecule has 0 N–H and O–H groups in total. The lowest BCUT2D eigenvalue weighted by Gasteiger charge is -2.40. The Bertz CT molecular complexity index is 455. The van der Waals surface area contributed by atoms with E-state index in [1.54, 1.807) is 11.7 Å². The van der Waals surface area contributed by atoms with E-state index < -0.39 is 5.54 Å². The lowest BCUT2D eigenvalue weighted by Crippen LogP contribution is -2.55. The number of rotatable bonds is 2. The molecule has 18 heavy (non-hydrogen) atoms. The standard InChI is InChI=1S/C12H16N4OS/c1-12(2,8-13)16-5-3-15(4-6-16)11(17)10-7-14-9-18-10/h7,9H,3-6H2,1-2H3. The Kier molecular flexibility index (Phi) is 3.64. The fourth-order valence-electron chi connectivity index (χ4n) is 2.02. The monoisotopic (exact) mass is 264 g/mol. The summed E-state index contributed by atoms with van der Waals surface area (Å²) in [7, 11) is 0. The SMILES string of the molecule is CC(C)(C#N)N1CCN(C(=O)c2cncs2)CC1. The fraction of sp³-hybridized carbons (Fsp3) is 0.583. The molecule has 6 heteroatoms. The van der Waals surface area contributed by atoms with Gasteiger partial charge in [-0.2, -0.15) is 5.26 Å². The molecule has 1 amide bonds. The molecule has 0 unspecified atom stereocenters. The van der Waals surface area contributed by atoms with Gasteiger partial charge in [0, 0.05) is 26.2 Å². The van der Waals surface area contributed by atoms with Crippen molar-refractivity contribution in [2.45, 2.75) is 19.4 Å². The largest absolute Gasteiger partial charge is 0.335 e. The minimum absolute atomic E-state index is 0.0481. The molecule has 1 fully saturated rings. The number of carbonyl (C=O) groups is 1. The van der Waals surface area contributed by atoms with Crippen molar-refractivity contribution in [3.63, 3.8) is 0 Å². The van der Waals surface area contributed by atoms with Crippen molar-refractivity contribution in [1.29, 1.82) is 5.26 Å². The van der Waals surface area contributed by atoms with Crippen LogP contribution in [0.4, 0.5) is 0 Å². The summed E-state index contributed by atoms with van der Waals surface area (Å²) in [6.07, 6.45) is 1.61. The van der Waals surface area contributed by atoms with Crippen molar-refractivity contribution in [2.75, 3.05) is 26.2 Å². The summed E-state index contributed by atoms with van der Waals surface area (Å²) in [6.45, 7) is 6.64. The minimum atomic E-state index is -0.459. The normalized spacial score (nSPS) is 17.5. The van der Waals surface area contributed by atoms with E-state index in [1.165, 1.54) is 11.3 Å². The summed E-state index contributed by atoms with van der Waals surface area (Å²) < 4.78 is 0. The third-order valence-electron chi connectivity index (χ3n) is 3.27. The Morgan fingerprint density at radius 1 is 1.44 bits per heavy atom. The van der Waals surface area contributed by atoms with Crippen LogP contribution in [0.5, 0.6) is 0 Å². The Labute approximate surface area is 111 Å². The topological polar surface area (TPSA) is 60.2 Å². The zero-order valence-electron chi connectivity index (χ0n) is 10.6. The smallest absolute Gasteiger partial charge is 0.265 e. The second kappa shape index (κ2) is 5.04. The molecule has 1 aromatic heterocycles. The van der Waals surface area contributed by atoms with Crippen molar-refractivity contribution in [3.05, 3.63) is 16.6 Å². The van der Waals surface area contributed by atoms with Gasteiger partial charge in [0.1, 0.15) is 10.4 Å². The van der Waals surface area contributed by atoms with Crippen LogP contribution in [0.2, 0.25) is 0 Å². The van der Waals surface area contributed by atoms with E-state index in [4.69, 9.17) is 5.26 Å². The first-order valence-corrected chi connectivity index (χ1v) is 6.76. The highest BCUT2D eigenvalue weighted by atomic mass is 32.1. The van der Waals surface area contributed by atoms with Gasteiger partial charge in [-0.1, -0.05) is 0 Å². The van der Waals surface area contributed by atoms with Crippen LogP contribution in [-0.2, 0) is 0 Å². The highest BCUT2D eigenvalue weighted by Crippen LogP contribution is 2.18. The maximum Gasteiger partial charge on any atom is 0.265 e. The maximum absolute atomic E-state index is 12.1. The third kappa shape index (κ3) is 2.52.